The molecule has 1 aromatic rings. The van der Waals surface area contributed by atoms with Crippen LogP contribution in [-0.4, -0.2) is 25.0 Å². The van der Waals surface area contributed by atoms with Gasteiger partial charge in [0.1, 0.15) is 0 Å². The fourth-order valence-electron chi connectivity index (χ4n) is 6.38. The van der Waals surface area contributed by atoms with E-state index >= 15 is 0 Å². The minimum atomic E-state index is -0.118. The summed E-state index contributed by atoms with van der Waals surface area (Å²) in [6, 6.07) is 8.97. The fourth-order valence-corrected chi connectivity index (χ4v) is 6.38. The van der Waals surface area contributed by atoms with Crippen LogP contribution in [0.15, 0.2) is 24.3 Å². The summed E-state index contributed by atoms with van der Waals surface area (Å²) >= 11 is 0. The molecule has 3 aliphatic rings. The van der Waals surface area contributed by atoms with Gasteiger partial charge in [0, 0.05) is 19.1 Å². The molecule has 0 spiro atoms. The van der Waals surface area contributed by atoms with Crippen molar-refractivity contribution in [2.75, 3.05) is 22.9 Å². The maximum absolute atomic E-state index is 13.9. The Kier molecular flexibility index (Phi) is 4.53. The first kappa shape index (κ1) is 17.9. The van der Waals surface area contributed by atoms with Gasteiger partial charge in [-0.15, -0.1) is 0 Å². The van der Waals surface area contributed by atoms with E-state index in [9.17, 15) is 4.79 Å². The molecule has 4 atom stereocenters. The van der Waals surface area contributed by atoms with Crippen LogP contribution < -0.4 is 9.80 Å². The third kappa shape index (κ3) is 2.93. The SMILES string of the molecule is CC(C)N1CCN(C(=O)C23CC(C[C@@H](C)C2)C[C@H](C)C3)c2ccccc21. The fraction of sp³-hybridized carbons (Fsp3) is 0.696. The molecular formula is C23H34N2O. The van der Waals surface area contributed by atoms with Gasteiger partial charge in [-0.2, -0.15) is 0 Å². The number of anilines is 2. The molecule has 0 radical (unpaired) electrons. The second-order valence-electron chi connectivity index (χ2n) is 9.67. The Hall–Kier alpha value is -1.51. The lowest BCUT2D eigenvalue weighted by Gasteiger charge is -2.51. The average Bonchev–Trinajstić information content (AvgIpc) is 2.58. The first-order valence-electron chi connectivity index (χ1n) is 10.6. The Balaban J connectivity index is 1.68. The molecule has 26 heavy (non-hydrogen) atoms. The normalized spacial score (nSPS) is 34.0. The van der Waals surface area contributed by atoms with Crippen LogP contribution in [0.2, 0.25) is 0 Å². The van der Waals surface area contributed by atoms with Crippen LogP contribution in [0.4, 0.5) is 11.4 Å². The van der Waals surface area contributed by atoms with Gasteiger partial charge in [-0.05, 0) is 75.8 Å². The number of rotatable bonds is 2. The zero-order valence-electron chi connectivity index (χ0n) is 16.9. The Labute approximate surface area is 158 Å². The van der Waals surface area contributed by atoms with Crippen LogP contribution >= 0.6 is 0 Å². The van der Waals surface area contributed by atoms with Crippen molar-refractivity contribution in [2.24, 2.45) is 23.2 Å². The number of hydrogen-bond acceptors (Lipinski definition) is 2. The lowest BCUT2D eigenvalue weighted by Crippen LogP contribution is -2.55. The molecule has 3 nitrogen and oxygen atoms in total. The first-order chi connectivity index (χ1) is 12.4. The zero-order chi connectivity index (χ0) is 18.5. The molecular weight excluding hydrogens is 320 g/mol. The highest BCUT2D eigenvalue weighted by Crippen LogP contribution is 2.54. The predicted octanol–water partition coefficient (Wildman–Crippen LogP) is 5.10. The molecule has 2 unspecified atom stereocenters. The van der Waals surface area contributed by atoms with Gasteiger partial charge in [-0.1, -0.05) is 26.0 Å². The lowest BCUT2D eigenvalue weighted by molar-refractivity contribution is -0.136. The van der Waals surface area contributed by atoms with Crippen LogP contribution in [0, 0.1) is 23.2 Å². The standard InChI is InChI=1S/C23H34N2O/c1-16(2)24-9-10-25(21-8-6-5-7-20(21)24)22(26)23-13-17(3)11-19(15-23)12-18(4)14-23/h5-8,16-19H,9-15H2,1-4H3/t17-,18+,19?,23?. The van der Waals surface area contributed by atoms with Crippen molar-refractivity contribution in [3.05, 3.63) is 24.3 Å². The van der Waals surface area contributed by atoms with E-state index < -0.39 is 0 Å². The monoisotopic (exact) mass is 354 g/mol. The zero-order valence-corrected chi connectivity index (χ0v) is 16.9. The van der Waals surface area contributed by atoms with Crippen LogP contribution in [0.25, 0.3) is 0 Å². The Morgan fingerprint density at radius 3 is 2.23 bits per heavy atom. The summed E-state index contributed by atoms with van der Waals surface area (Å²) in [5.41, 5.74) is 2.23. The highest BCUT2D eigenvalue weighted by molar-refractivity contribution is 6.01. The second-order valence-corrected chi connectivity index (χ2v) is 9.67. The number of para-hydroxylation sites is 2. The molecule has 1 aliphatic heterocycles. The highest BCUT2D eigenvalue weighted by Gasteiger charge is 2.51. The van der Waals surface area contributed by atoms with Crippen molar-refractivity contribution in [3.8, 4) is 0 Å². The van der Waals surface area contributed by atoms with Gasteiger partial charge in [0.25, 0.3) is 0 Å². The summed E-state index contributed by atoms with van der Waals surface area (Å²) in [7, 11) is 0. The number of carbonyl (C=O) groups is 1. The molecule has 2 fully saturated rings. The van der Waals surface area contributed by atoms with Gasteiger partial charge in [0.05, 0.1) is 16.8 Å². The number of hydrogen-bond donors (Lipinski definition) is 0. The van der Waals surface area contributed by atoms with Gasteiger partial charge < -0.3 is 9.80 Å². The Bertz CT molecular complexity index is 663. The molecule has 0 aromatic heterocycles. The molecule has 0 N–H and O–H groups in total. The van der Waals surface area contributed by atoms with E-state index in [-0.39, 0.29) is 5.41 Å². The van der Waals surface area contributed by atoms with Crippen molar-refractivity contribution >= 4 is 17.3 Å². The number of nitrogens with zero attached hydrogens (tertiary/aromatic N) is 2. The van der Waals surface area contributed by atoms with E-state index in [2.05, 4.69) is 61.8 Å². The Morgan fingerprint density at radius 2 is 1.62 bits per heavy atom. The van der Waals surface area contributed by atoms with Crippen molar-refractivity contribution in [1.29, 1.82) is 0 Å². The highest BCUT2D eigenvalue weighted by atomic mass is 16.2. The summed E-state index contributed by atoms with van der Waals surface area (Å²) in [4.78, 5) is 18.5. The maximum atomic E-state index is 13.9. The summed E-state index contributed by atoms with van der Waals surface area (Å²) in [6.07, 6.45) is 5.92. The van der Waals surface area contributed by atoms with Crippen LogP contribution in [-0.2, 0) is 4.79 Å². The maximum Gasteiger partial charge on any atom is 0.233 e. The third-order valence-electron chi connectivity index (χ3n) is 7.00. The van der Waals surface area contributed by atoms with Crippen molar-refractivity contribution in [2.45, 2.75) is 65.8 Å². The number of fused-ring (bicyclic) bond motifs is 3. The summed E-state index contributed by atoms with van der Waals surface area (Å²) < 4.78 is 0. The Morgan fingerprint density at radius 1 is 1.00 bits per heavy atom. The van der Waals surface area contributed by atoms with E-state index in [0.29, 0.717) is 23.8 Å². The van der Waals surface area contributed by atoms with Gasteiger partial charge in [-0.3, -0.25) is 4.79 Å². The molecule has 4 rings (SSSR count). The molecule has 2 bridgehead atoms. The smallest absolute Gasteiger partial charge is 0.233 e. The molecule has 3 heteroatoms. The average molecular weight is 355 g/mol. The number of carbonyl (C=O) groups excluding carboxylic acids is 1. The topological polar surface area (TPSA) is 23.6 Å². The molecule has 0 saturated heterocycles. The van der Waals surface area contributed by atoms with Crippen molar-refractivity contribution < 1.29 is 4.79 Å². The van der Waals surface area contributed by atoms with Crippen LogP contribution in [0.1, 0.15) is 59.8 Å². The number of benzene rings is 1. The number of amides is 1. The molecule has 1 heterocycles. The molecule has 2 aliphatic carbocycles. The lowest BCUT2D eigenvalue weighted by atomic mass is 9.56. The second kappa shape index (κ2) is 6.58. The summed E-state index contributed by atoms with van der Waals surface area (Å²) in [5.74, 6) is 2.52. The largest absolute Gasteiger partial charge is 0.366 e. The minimum absolute atomic E-state index is 0.118. The van der Waals surface area contributed by atoms with Gasteiger partial charge in [0.15, 0.2) is 0 Å². The van der Waals surface area contributed by atoms with Gasteiger partial charge in [0.2, 0.25) is 5.91 Å². The quantitative estimate of drug-likeness (QED) is 0.737. The first-order valence-corrected chi connectivity index (χ1v) is 10.6. The van der Waals surface area contributed by atoms with Crippen molar-refractivity contribution in [1.82, 2.24) is 0 Å². The van der Waals surface area contributed by atoms with Crippen LogP contribution in [0.5, 0.6) is 0 Å². The third-order valence-corrected chi connectivity index (χ3v) is 7.00. The van der Waals surface area contributed by atoms with Gasteiger partial charge >= 0.3 is 0 Å². The van der Waals surface area contributed by atoms with E-state index in [4.69, 9.17) is 0 Å². The minimum Gasteiger partial charge on any atom is -0.366 e. The summed E-state index contributed by atoms with van der Waals surface area (Å²) in [6.45, 7) is 10.9. The van der Waals surface area contributed by atoms with Gasteiger partial charge in [-0.25, -0.2) is 0 Å². The van der Waals surface area contributed by atoms with E-state index in [1.165, 1.54) is 18.5 Å². The predicted molar refractivity (Wildman–Crippen MR) is 109 cm³/mol. The van der Waals surface area contributed by atoms with E-state index in [0.717, 1.165) is 44.0 Å². The molecule has 2 saturated carbocycles. The molecule has 1 amide bonds. The van der Waals surface area contributed by atoms with Crippen molar-refractivity contribution in [3.63, 3.8) is 0 Å². The van der Waals surface area contributed by atoms with E-state index in [1.807, 2.05) is 0 Å². The molecule has 142 valence electrons. The molecule has 1 aromatic carbocycles. The van der Waals surface area contributed by atoms with Crippen LogP contribution in [0.3, 0.4) is 0 Å². The van der Waals surface area contributed by atoms with E-state index in [1.54, 1.807) is 0 Å². The summed E-state index contributed by atoms with van der Waals surface area (Å²) in [5, 5.41) is 0.